The number of amides is 3. The Hall–Kier alpha value is -2.22. The maximum atomic E-state index is 12.4. The molecule has 28 heavy (non-hydrogen) atoms. The van der Waals surface area contributed by atoms with Crippen LogP contribution in [0.2, 0.25) is 0 Å². The van der Waals surface area contributed by atoms with Crippen LogP contribution in [0.15, 0.2) is 30.3 Å². The predicted molar refractivity (Wildman–Crippen MR) is 104 cm³/mol. The van der Waals surface area contributed by atoms with Crippen LogP contribution in [-0.2, 0) is 30.0 Å². The molecule has 152 valence electrons. The van der Waals surface area contributed by atoms with Crippen molar-refractivity contribution >= 4 is 27.6 Å². The Morgan fingerprint density at radius 1 is 1.04 bits per heavy atom. The van der Waals surface area contributed by atoms with Gasteiger partial charge in [-0.1, -0.05) is 43.2 Å². The Kier molecular flexibility index (Phi) is 6.49. The van der Waals surface area contributed by atoms with Gasteiger partial charge in [-0.15, -0.1) is 0 Å². The van der Waals surface area contributed by atoms with Crippen LogP contribution >= 0.6 is 0 Å². The fourth-order valence-corrected chi connectivity index (χ4v) is 5.26. The summed E-state index contributed by atoms with van der Waals surface area (Å²) in [5, 5.41) is 2.57. The van der Waals surface area contributed by atoms with Gasteiger partial charge in [0.05, 0.1) is 23.3 Å². The third kappa shape index (κ3) is 4.98. The van der Waals surface area contributed by atoms with Gasteiger partial charge in [0.15, 0.2) is 9.84 Å². The Balaban J connectivity index is 1.41. The highest BCUT2D eigenvalue weighted by molar-refractivity contribution is 7.90. The normalized spacial score (nSPS) is 22.2. The first-order valence-electron chi connectivity index (χ1n) is 9.74. The Labute approximate surface area is 165 Å². The molecule has 1 aliphatic heterocycles. The SMILES string of the molecule is O=C(CCN1C(=O)C2CCCCC2C1=O)NCCS(=O)(=O)Cc1ccccc1. The molecule has 2 aliphatic rings. The zero-order valence-corrected chi connectivity index (χ0v) is 16.6. The number of sulfone groups is 1. The summed E-state index contributed by atoms with van der Waals surface area (Å²) in [7, 11) is -3.33. The molecule has 1 N–H and O–H groups in total. The maximum absolute atomic E-state index is 12.4. The number of benzene rings is 1. The van der Waals surface area contributed by atoms with Crippen LogP contribution in [0.1, 0.15) is 37.7 Å². The highest BCUT2D eigenvalue weighted by Crippen LogP contribution is 2.37. The van der Waals surface area contributed by atoms with Gasteiger partial charge in [0, 0.05) is 19.5 Å². The molecule has 1 saturated carbocycles. The first kappa shape index (κ1) is 20.5. The summed E-state index contributed by atoms with van der Waals surface area (Å²) in [5.41, 5.74) is 0.710. The molecule has 0 aromatic heterocycles. The van der Waals surface area contributed by atoms with Gasteiger partial charge in [0.25, 0.3) is 0 Å². The van der Waals surface area contributed by atoms with Gasteiger partial charge in [0.2, 0.25) is 17.7 Å². The minimum absolute atomic E-state index is 0.00431. The standard InChI is InChI=1S/C20H26N2O5S/c23-18(21-11-13-28(26,27)14-15-6-2-1-3-7-15)10-12-22-19(24)16-8-4-5-9-17(16)20(22)25/h1-3,6-7,16-17H,4-5,8-14H2,(H,21,23). The minimum Gasteiger partial charge on any atom is -0.355 e. The second-order valence-corrected chi connectivity index (χ2v) is 9.69. The first-order chi connectivity index (χ1) is 13.4. The monoisotopic (exact) mass is 406 g/mol. The van der Waals surface area contributed by atoms with Crippen molar-refractivity contribution in [2.75, 3.05) is 18.8 Å². The molecule has 0 bridgehead atoms. The second-order valence-electron chi connectivity index (χ2n) is 7.50. The summed E-state index contributed by atoms with van der Waals surface area (Å²) in [5.74, 6) is -1.33. The molecule has 0 radical (unpaired) electrons. The molecule has 2 unspecified atom stereocenters. The average Bonchev–Trinajstić information content (AvgIpc) is 2.91. The quantitative estimate of drug-likeness (QED) is 0.656. The fraction of sp³-hybridized carbons (Fsp3) is 0.550. The molecular weight excluding hydrogens is 380 g/mol. The van der Waals surface area contributed by atoms with Crippen LogP contribution in [0.25, 0.3) is 0 Å². The van der Waals surface area contributed by atoms with Crippen LogP contribution in [0.3, 0.4) is 0 Å². The van der Waals surface area contributed by atoms with Crippen LogP contribution in [0.4, 0.5) is 0 Å². The third-order valence-corrected chi connectivity index (χ3v) is 7.06. The number of nitrogens with one attached hydrogen (secondary N) is 1. The van der Waals surface area contributed by atoms with Gasteiger partial charge in [0.1, 0.15) is 0 Å². The number of carbonyl (C=O) groups is 3. The molecule has 0 spiro atoms. The van der Waals surface area contributed by atoms with Crippen molar-refractivity contribution in [3.05, 3.63) is 35.9 Å². The number of rotatable bonds is 8. The average molecular weight is 407 g/mol. The zero-order valence-electron chi connectivity index (χ0n) is 15.8. The van der Waals surface area contributed by atoms with Crippen molar-refractivity contribution < 1.29 is 22.8 Å². The van der Waals surface area contributed by atoms with E-state index >= 15 is 0 Å². The van der Waals surface area contributed by atoms with Crippen LogP contribution in [-0.4, -0.2) is 49.9 Å². The highest BCUT2D eigenvalue weighted by Gasteiger charge is 2.47. The molecule has 1 aromatic rings. The van der Waals surface area contributed by atoms with Crippen LogP contribution < -0.4 is 5.32 Å². The lowest BCUT2D eigenvalue weighted by Gasteiger charge is -2.19. The van der Waals surface area contributed by atoms with Gasteiger partial charge >= 0.3 is 0 Å². The van der Waals surface area contributed by atoms with Gasteiger partial charge in [-0.2, -0.15) is 0 Å². The zero-order chi connectivity index (χ0) is 20.1. The van der Waals surface area contributed by atoms with Crippen molar-refractivity contribution in [3.63, 3.8) is 0 Å². The Bertz CT molecular complexity index is 813. The summed E-state index contributed by atoms with van der Waals surface area (Å²) in [6, 6.07) is 8.88. The van der Waals surface area contributed by atoms with E-state index in [-0.39, 0.29) is 60.6 Å². The second kappa shape index (κ2) is 8.86. The van der Waals surface area contributed by atoms with Crippen LogP contribution in [0, 0.1) is 11.8 Å². The molecule has 8 heteroatoms. The summed E-state index contributed by atoms with van der Waals surface area (Å²) >= 11 is 0. The number of hydrogen-bond acceptors (Lipinski definition) is 5. The van der Waals surface area contributed by atoms with Crippen molar-refractivity contribution in [2.45, 2.75) is 37.9 Å². The molecular formula is C20H26N2O5S. The van der Waals surface area contributed by atoms with E-state index in [0.29, 0.717) is 5.56 Å². The topological polar surface area (TPSA) is 101 Å². The van der Waals surface area contributed by atoms with Crippen LogP contribution in [0.5, 0.6) is 0 Å². The van der Waals surface area contributed by atoms with Gasteiger partial charge in [-0.3, -0.25) is 19.3 Å². The number of nitrogens with zero attached hydrogens (tertiary/aromatic N) is 1. The Morgan fingerprint density at radius 3 is 2.25 bits per heavy atom. The molecule has 2 atom stereocenters. The van der Waals surface area contributed by atoms with Crippen molar-refractivity contribution in [1.82, 2.24) is 10.2 Å². The lowest BCUT2D eigenvalue weighted by Crippen LogP contribution is -2.36. The molecule has 1 aromatic carbocycles. The first-order valence-corrected chi connectivity index (χ1v) is 11.6. The van der Waals surface area contributed by atoms with Gasteiger partial charge < -0.3 is 5.32 Å². The van der Waals surface area contributed by atoms with Crippen molar-refractivity contribution in [1.29, 1.82) is 0 Å². The summed E-state index contributed by atoms with van der Waals surface area (Å²) in [4.78, 5) is 38.0. The molecule has 3 amide bonds. The van der Waals surface area contributed by atoms with Crippen molar-refractivity contribution in [3.8, 4) is 0 Å². The van der Waals surface area contributed by atoms with E-state index in [2.05, 4.69) is 5.32 Å². The van der Waals surface area contributed by atoms with E-state index in [9.17, 15) is 22.8 Å². The fourth-order valence-electron chi connectivity index (χ4n) is 4.00. The van der Waals surface area contributed by atoms with Gasteiger partial charge in [-0.25, -0.2) is 8.42 Å². The molecule has 1 aliphatic carbocycles. The lowest BCUT2D eigenvalue weighted by atomic mass is 9.81. The van der Waals surface area contributed by atoms with E-state index in [0.717, 1.165) is 25.7 Å². The predicted octanol–water partition coefficient (Wildman–Crippen LogP) is 1.28. The van der Waals surface area contributed by atoms with Gasteiger partial charge in [-0.05, 0) is 18.4 Å². The number of likely N-dealkylation sites (tertiary alicyclic amines) is 1. The number of carbonyl (C=O) groups excluding carboxylic acids is 3. The molecule has 7 nitrogen and oxygen atoms in total. The molecule has 2 fully saturated rings. The van der Waals surface area contributed by atoms with E-state index in [1.54, 1.807) is 24.3 Å². The smallest absolute Gasteiger partial charge is 0.233 e. The summed E-state index contributed by atoms with van der Waals surface area (Å²) in [6.45, 7) is 0.0778. The number of imide groups is 1. The van der Waals surface area contributed by atoms with E-state index in [4.69, 9.17) is 0 Å². The molecule has 1 heterocycles. The molecule has 3 rings (SSSR count). The lowest BCUT2D eigenvalue weighted by molar-refractivity contribution is -0.140. The van der Waals surface area contributed by atoms with E-state index in [1.165, 1.54) is 4.90 Å². The number of hydrogen-bond donors (Lipinski definition) is 1. The van der Waals surface area contributed by atoms with E-state index < -0.39 is 9.84 Å². The van der Waals surface area contributed by atoms with Crippen molar-refractivity contribution in [2.24, 2.45) is 11.8 Å². The Morgan fingerprint density at radius 2 is 1.64 bits per heavy atom. The summed E-state index contributed by atoms with van der Waals surface area (Å²) < 4.78 is 24.3. The van der Waals surface area contributed by atoms with E-state index in [1.807, 2.05) is 6.07 Å². The number of fused-ring (bicyclic) bond motifs is 1. The summed E-state index contributed by atoms with van der Waals surface area (Å²) in [6.07, 6.45) is 3.42. The molecule has 1 saturated heterocycles. The maximum Gasteiger partial charge on any atom is 0.233 e. The third-order valence-electron chi connectivity index (χ3n) is 5.46. The minimum atomic E-state index is -3.33. The highest BCUT2D eigenvalue weighted by atomic mass is 32.2. The largest absolute Gasteiger partial charge is 0.355 e.